The lowest BCUT2D eigenvalue weighted by atomic mass is 9.56. The molecule has 0 radical (unpaired) electrons. The van der Waals surface area contributed by atoms with E-state index in [4.69, 9.17) is 0 Å². The van der Waals surface area contributed by atoms with Gasteiger partial charge in [0.25, 0.3) is 0 Å². The van der Waals surface area contributed by atoms with Gasteiger partial charge in [-0.25, -0.2) is 0 Å². The van der Waals surface area contributed by atoms with Crippen LogP contribution in [-0.4, -0.2) is 0 Å². The Balaban J connectivity index is 1.47. The molecule has 3 fully saturated rings. The van der Waals surface area contributed by atoms with Gasteiger partial charge in [0.05, 0.1) is 0 Å². The van der Waals surface area contributed by atoms with Crippen LogP contribution < -0.4 is 0 Å². The number of hydrogen-bond acceptors (Lipinski definition) is 0. The number of rotatable bonds is 5. The third-order valence-corrected chi connectivity index (χ3v) is 7.04. The molecule has 0 bridgehead atoms. The molecule has 5 atom stereocenters. The molecular formula is C20H36. The third-order valence-electron chi connectivity index (χ3n) is 7.04. The summed E-state index contributed by atoms with van der Waals surface area (Å²) in [7, 11) is 0. The fourth-order valence-corrected chi connectivity index (χ4v) is 5.99. The predicted octanol–water partition coefficient (Wildman–Crippen LogP) is 6.59. The molecule has 0 spiro atoms. The summed E-state index contributed by atoms with van der Waals surface area (Å²) in [4.78, 5) is 0. The van der Waals surface area contributed by atoms with Crippen LogP contribution >= 0.6 is 0 Å². The van der Waals surface area contributed by atoms with Crippen LogP contribution in [0.2, 0.25) is 0 Å². The average Bonchev–Trinajstić information content (AvgIpc) is 2.51. The van der Waals surface area contributed by atoms with Gasteiger partial charge in [0.15, 0.2) is 0 Å². The van der Waals surface area contributed by atoms with Crippen molar-refractivity contribution >= 4 is 0 Å². The molecule has 0 aromatic heterocycles. The van der Waals surface area contributed by atoms with E-state index in [2.05, 4.69) is 6.92 Å². The summed E-state index contributed by atoms with van der Waals surface area (Å²) in [6, 6.07) is 0. The first kappa shape index (κ1) is 14.9. The first-order valence-corrected chi connectivity index (χ1v) is 9.88. The standard InChI is InChI=1S/C20H36/c1-2-3-4-5-8-16-11-14-20-18(15-16)13-12-17-9-6-7-10-19(17)20/h16-20H,2-15H2,1H3. The van der Waals surface area contributed by atoms with E-state index in [1.807, 2.05) is 0 Å². The minimum Gasteiger partial charge on any atom is -0.0654 e. The lowest BCUT2D eigenvalue weighted by Crippen LogP contribution is -2.40. The second-order valence-corrected chi connectivity index (χ2v) is 8.24. The molecule has 3 rings (SSSR count). The Kier molecular flexibility index (Phi) is 5.46. The van der Waals surface area contributed by atoms with Crippen molar-refractivity contribution in [1.82, 2.24) is 0 Å². The highest BCUT2D eigenvalue weighted by molar-refractivity contribution is 4.92. The molecule has 3 aliphatic rings. The number of hydrogen-bond donors (Lipinski definition) is 0. The Labute approximate surface area is 127 Å². The Bertz CT molecular complexity index is 282. The minimum absolute atomic E-state index is 1.10. The number of unbranched alkanes of at least 4 members (excludes halogenated alkanes) is 3. The Morgan fingerprint density at radius 1 is 0.700 bits per heavy atom. The van der Waals surface area contributed by atoms with E-state index in [1.165, 1.54) is 25.7 Å². The highest BCUT2D eigenvalue weighted by Gasteiger charge is 2.42. The van der Waals surface area contributed by atoms with Gasteiger partial charge in [0.2, 0.25) is 0 Å². The van der Waals surface area contributed by atoms with E-state index in [-0.39, 0.29) is 0 Å². The van der Waals surface area contributed by atoms with E-state index < -0.39 is 0 Å². The molecule has 3 saturated carbocycles. The Hall–Kier alpha value is 0. The molecule has 0 amide bonds. The normalized spacial score (nSPS) is 41.0. The molecule has 20 heavy (non-hydrogen) atoms. The van der Waals surface area contributed by atoms with Crippen molar-refractivity contribution in [2.24, 2.45) is 29.6 Å². The average molecular weight is 277 g/mol. The molecule has 0 nitrogen and oxygen atoms in total. The highest BCUT2D eigenvalue weighted by atomic mass is 14.5. The molecule has 0 heteroatoms. The molecule has 5 unspecified atom stereocenters. The second-order valence-electron chi connectivity index (χ2n) is 8.24. The van der Waals surface area contributed by atoms with Gasteiger partial charge in [-0.2, -0.15) is 0 Å². The quantitative estimate of drug-likeness (QED) is 0.497. The lowest BCUT2D eigenvalue weighted by molar-refractivity contribution is 0.0101. The maximum atomic E-state index is 2.33. The molecule has 3 aliphatic carbocycles. The van der Waals surface area contributed by atoms with Crippen molar-refractivity contribution in [3.63, 3.8) is 0 Å². The van der Waals surface area contributed by atoms with Crippen LogP contribution in [-0.2, 0) is 0 Å². The number of fused-ring (bicyclic) bond motifs is 3. The molecule has 0 aromatic carbocycles. The van der Waals surface area contributed by atoms with Crippen molar-refractivity contribution in [3.05, 3.63) is 0 Å². The largest absolute Gasteiger partial charge is 0.0654 e. The van der Waals surface area contributed by atoms with E-state index in [0.717, 1.165) is 29.6 Å². The summed E-state index contributed by atoms with van der Waals surface area (Å²) >= 11 is 0. The molecule has 0 N–H and O–H groups in total. The van der Waals surface area contributed by atoms with Gasteiger partial charge in [-0.05, 0) is 61.7 Å². The summed E-state index contributed by atoms with van der Waals surface area (Å²) in [5, 5.41) is 0. The summed E-state index contributed by atoms with van der Waals surface area (Å²) in [5.41, 5.74) is 0. The first-order valence-electron chi connectivity index (χ1n) is 9.88. The van der Waals surface area contributed by atoms with Crippen molar-refractivity contribution in [2.45, 2.75) is 96.8 Å². The van der Waals surface area contributed by atoms with Gasteiger partial charge < -0.3 is 0 Å². The van der Waals surface area contributed by atoms with Crippen LogP contribution in [0.4, 0.5) is 0 Å². The van der Waals surface area contributed by atoms with Gasteiger partial charge in [-0.15, -0.1) is 0 Å². The topological polar surface area (TPSA) is 0 Å². The van der Waals surface area contributed by atoms with Crippen molar-refractivity contribution in [3.8, 4) is 0 Å². The Morgan fingerprint density at radius 3 is 2.40 bits per heavy atom. The van der Waals surface area contributed by atoms with E-state index in [1.54, 1.807) is 64.2 Å². The Morgan fingerprint density at radius 2 is 1.50 bits per heavy atom. The molecule has 0 aromatic rings. The van der Waals surface area contributed by atoms with E-state index in [9.17, 15) is 0 Å². The summed E-state index contributed by atoms with van der Waals surface area (Å²) in [5.74, 6) is 5.70. The molecule has 0 saturated heterocycles. The van der Waals surface area contributed by atoms with Crippen molar-refractivity contribution in [1.29, 1.82) is 0 Å². The van der Waals surface area contributed by atoms with Crippen LogP contribution in [0.1, 0.15) is 96.8 Å². The van der Waals surface area contributed by atoms with Gasteiger partial charge in [0.1, 0.15) is 0 Å². The van der Waals surface area contributed by atoms with Gasteiger partial charge >= 0.3 is 0 Å². The summed E-state index contributed by atoms with van der Waals surface area (Å²) < 4.78 is 0. The molecule has 0 aliphatic heterocycles. The van der Waals surface area contributed by atoms with Crippen LogP contribution in [0.3, 0.4) is 0 Å². The smallest absolute Gasteiger partial charge is 0.0355 e. The molecule has 0 heterocycles. The fourth-order valence-electron chi connectivity index (χ4n) is 5.99. The minimum atomic E-state index is 1.10. The third kappa shape index (κ3) is 3.42. The van der Waals surface area contributed by atoms with E-state index in [0.29, 0.717) is 0 Å². The molecule has 116 valence electrons. The monoisotopic (exact) mass is 276 g/mol. The zero-order valence-corrected chi connectivity index (χ0v) is 13.8. The van der Waals surface area contributed by atoms with Gasteiger partial charge in [-0.1, -0.05) is 64.7 Å². The van der Waals surface area contributed by atoms with Crippen LogP contribution in [0.25, 0.3) is 0 Å². The zero-order valence-electron chi connectivity index (χ0n) is 13.8. The first-order chi connectivity index (χ1) is 9.88. The van der Waals surface area contributed by atoms with Crippen LogP contribution in [0.5, 0.6) is 0 Å². The molecular weight excluding hydrogens is 240 g/mol. The van der Waals surface area contributed by atoms with Crippen molar-refractivity contribution in [2.75, 3.05) is 0 Å². The maximum Gasteiger partial charge on any atom is -0.0355 e. The zero-order chi connectivity index (χ0) is 13.8. The van der Waals surface area contributed by atoms with Gasteiger partial charge in [0, 0.05) is 0 Å². The summed E-state index contributed by atoms with van der Waals surface area (Å²) in [6.45, 7) is 2.33. The van der Waals surface area contributed by atoms with Crippen LogP contribution in [0, 0.1) is 29.6 Å². The predicted molar refractivity (Wildman–Crippen MR) is 87.8 cm³/mol. The fraction of sp³-hybridized carbons (Fsp3) is 1.00. The summed E-state index contributed by atoms with van der Waals surface area (Å²) in [6.07, 6.45) is 21.6. The van der Waals surface area contributed by atoms with Gasteiger partial charge in [-0.3, -0.25) is 0 Å². The van der Waals surface area contributed by atoms with Crippen molar-refractivity contribution < 1.29 is 0 Å². The second kappa shape index (κ2) is 7.32. The highest BCUT2D eigenvalue weighted by Crippen LogP contribution is 2.52. The van der Waals surface area contributed by atoms with E-state index >= 15 is 0 Å². The van der Waals surface area contributed by atoms with Crippen LogP contribution in [0.15, 0.2) is 0 Å². The lowest BCUT2D eigenvalue weighted by Gasteiger charge is -2.49. The SMILES string of the molecule is CCCCCCC1CCC2C(CCC3CCCCC32)C1. The maximum absolute atomic E-state index is 2.33.